The average Bonchev–Trinajstić information content (AvgIpc) is 2.62. The molecule has 0 aliphatic rings. The molecule has 2 rings (SSSR count). The van der Waals surface area contributed by atoms with Crippen molar-refractivity contribution >= 4 is 43.2 Å². The first-order valence-corrected chi connectivity index (χ1v) is 10.5. The number of anilines is 2. The summed E-state index contributed by atoms with van der Waals surface area (Å²) in [6.45, 7) is 4.45. The molecule has 26 heavy (non-hydrogen) atoms. The maximum Gasteiger partial charge on any atom is 0.243 e. The summed E-state index contributed by atoms with van der Waals surface area (Å²) in [5, 5.41) is 5.73. The summed E-state index contributed by atoms with van der Waals surface area (Å²) >= 11 is 3.35. The van der Waals surface area contributed by atoms with Gasteiger partial charge in [0.15, 0.2) is 0 Å². The molecule has 0 fully saturated rings. The number of amides is 1. The van der Waals surface area contributed by atoms with Crippen LogP contribution in [0.1, 0.15) is 13.8 Å². The Balaban J connectivity index is 2.03. The van der Waals surface area contributed by atoms with Crippen molar-refractivity contribution in [1.29, 1.82) is 0 Å². The monoisotopic (exact) mass is 439 g/mol. The van der Waals surface area contributed by atoms with Crippen molar-refractivity contribution in [3.8, 4) is 0 Å². The molecular formula is C18H22BrN3O3S. The highest BCUT2D eigenvalue weighted by atomic mass is 79.9. The third kappa shape index (κ3) is 5.30. The van der Waals surface area contributed by atoms with E-state index in [0.29, 0.717) is 18.8 Å². The summed E-state index contributed by atoms with van der Waals surface area (Å²) in [7, 11) is -3.56. The third-order valence-corrected chi connectivity index (χ3v) is 6.33. The molecule has 0 aromatic heterocycles. The largest absolute Gasteiger partial charge is 0.376 e. The van der Waals surface area contributed by atoms with Gasteiger partial charge in [-0.3, -0.25) is 4.79 Å². The Morgan fingerprint density at radius 3 is 2.31 bits per heavy atom. The highest BCUT2D eigenvalue weighted by Crippen LogP contribution is 2.19. The van der Waals surface area contributed by atoms with Crippen molar-refractivity contribution in [2.24, 2.45) is 0 Å². The lowest BCUT2D eigenvalue weighted by Gasteiger charge is -2.18. The Hall–Kier alpha value is -1.90. The Kier molecular flexibility index (Phi) is 7.19. The van der Waals surface area contributed by atoms with Crippen molar-refractivity contribution in [1.82, 2.24) is 4.31 Å². The van der Waals surface area contributed by atoms with Gasteiger partial charge in [-0.05, 0) is 42.5 Å². The van der Waals surface area contributed by atoms with Crippen LogP contribution in [0.2, 0.25) is 0 Å². The predicted octanol–water partition coefficient (Wildman–Crippen LogP) is 3.53. The molecule has 0 radical (unpaired) electrons. The molecule has 1 amide bonds. The summed E-state index contributed by atoms with van der Waals surface area (Å²) in [6, 6.07) is 13.8. The molecule has 0 spiro atoms. The zero-order valence-corrected chi connectivity index (χ0v) is 17.1. The van der Waals surface area contributed by atoms with Gasteiger partial charge in [-0.2, -0.15) is 4.31 Å². The SMILES string of the molecule is CCN(CC)S(=O)(=O)c1cccc(NC(=O)CNc2ccc(Br)cc2)c1. The van der Waals surface area contributed by atoms with Crippen LogP contribution in [0.25, 0.3) is 0 Å². The number of carbonyl (C=O) groups is 1. The van der Waals surface area contributed by atoms with Gasteiger partial charge in [0.1, 0.15) is 0 Å². The van der Waals surface area contributed by atoms with E-state index in [4.69, 9.17) is 0 Å². The van der Waals surface area contributed by atoms with E-state index in [1.54, 1.807) is 26.0 Å². The maximum absolute atomic E-state index is 12.6. The quantitative estimate of drug-likeness (QED) is 0.659. The second-order valence-corrected chi connectivity index (χ2v) is 8.38. The highest BCUT2D eigenvalue weighted by Gasteiger charge is 2.21. The number of halogens is 1. The molecule has 0 aliphatic heterocycles. The van der Waals surface area contributed by atoms with Crippen LogP contribution in [0.15, 0.2) is 57.9 Å². The lowest BCUT2D eigenvalue weighted by molar-refractivity contribution is -0.114. The molecule has 2 aromatic rings. The van der Waals surface area contributed by atoms with Crippen LogP contribution in [0, 0.1) is 0 Å². The van der Waals surface area contributed by atoms with Crippen molar-refractivity contribution in [2.45, 2.75) is 18.7 Å². The van der Waals surface area contributed by atoms with Gasteiger partial charge in [-0.15, -0.1) is 0 Å². The van der Waals surface area contributed by atoms with Crippen LogP contribution < -0.4 is 10.6 Å². The zero-order chi connectivity index (χ0) is 19.2. The number of sulfonamides is 1. The molecule has 0 unspecified atom stereocenters. The number of nitrogens with zero attached hydrogens (tertiary/aromatic N) is 1. The van der Waals surface area contributed by atoms with Crippen molar-refractivity contribution in [3.05, 3.63) is 53.0 Å². The second kappa shape index (κ2) is 9.16. The van der Waals surface area contributed by atoms with Crippen LogP contribution in [0.5, 0.6) is 0 Å². The van der Waals surface area contributed by atoms with Gasteiger partial charge in [-0.25, -0.2) is 8.42 Å². The zero-order valence-electron chi connectivity index (χ0n) is 14.7. The minimum absolute atomic E-state index is 0.0780. The van der Waals surface area contributed by atoms with Gasteiger partial charge in [0, 0.05) is 28.9 Å². The van der Waals surface area contributed by atoms with Crippen molar-refractivity contribution in [2.75, 3.05) is 30.3 Å². The molecule has 2 N–H and O–H groups in total. The molecule has 0 atom stereocenters. The molecule has 6 nitrogen and oxygen atoms in total. The van der Waals surface area contributed by atoms with Crippen LogP contribution in [-0.4, -0.2) is 38.3 Å². The minimum Gasteiger partial charge on any atom is -0.376 e. The van der Waals surface area contributed by atoms with Crippen LogP contribution >= 0.6 is 15.9 Å². The topological polar surface area (TPSA) is 78.5 Å². The molecule has 8 heteroatoms. The standard InChI is InChI=1S/C18H22BrN3O3S/c1-3-22(4-2)26(24,25)17-7-5-6-16(12-17)21-18(23)13-20-15-10-8-14(19)9-11-15/h5-12,20H,3-4,13H2,1-2H3,(H,21,23). The number of carbonyl (C=O) groups excluding carboxylic acids is 1. The van der Waals surface area contributed by atoms with Gasteiger partial charge >= 0.3 is 0 Å². The van der Waals surface area contributed by atoms with E-state index in [-0.39, 0.29) is 17.3 Å². The van der Waals surface area contributed by atoms with E-state index < -0.39 is 10.0 Å². The first-order valence-electron chi connectivity index (χ1n) is 8.26. The van der Waals surface area contributed by atoms with Crippen LogP contribution in [0.3, 0.4) is 0 Å². The molecule has 0 saturated heterocycles. The van der Waals surface area contributed by atoms with Crippen LogP contribution in [0.4, 0.5) is 11.4 Å². The average molecular weight is 440 g/mol. The third-order valence-electron chi connectivity index (χ3n) is 3.76. The molecule has 0 heterocycles. The Labute approximate surface area is 162 Å². The molecule has 0 saturated carbocycles. The maximum atomic E-state index is 12.6. The summed E-state index contributed by atoms with van der Waals surface area (Å²) in [5.74, 6) is -0.259. The fourth-order valence-corrected chi connectivity index (χ4v) is 4.17. The van der Waals surface area contributed by atoms with E-state index in [1.165, 1.54) is 16.4 Å². The van der Waals surface area contributed by atoms with Gasteiger partial charge in [0.2, 0.25) is 15.9 Å². The van der Waals surface area contributed by atoms with Crippen molar-refractivity contribution < 1.29 is 13.2 Å². The van der Waals surface area contributed by atoms with E-state index in [0.717, 1.165) is 10.2 Å². The number of hydrogen-bond donors (Lipinski definition) is 2. The fraction of sp³-hybridized carbons (Fsp3) is 0.278. The van der Waals surface area contributed by atoms with Gasteiger partial charge in [0.25, 0.3) is 0 Å². The molecular weight excluding hydrogens is 418 g/mol. The number of nitrogens with one attached hydrogen (secondary N) is 2. The van der Waals surface area contributed by atoms with Gasteiger partial charge in [0.05, 0.1) is 11.4 Å². The van der Waals surface area contributed by atoms with E-state index in [9.17, 15) is 13.2 Å². The Morgan fingerprint density at radius 1 is 1.04 bits per heavy atom. The molecule has 0 aliphatic carbocycles. The number of hydrogen-bond acceptors (Lipinski definition) is 4. The summed E-state index contributed by atoms with van der Waals surface area (Å²) in [6.07, 6.45) is 0. The van der Waals surface area contributed by atoms with Gasteiger partial charge in [-0.1, -0.05) is 35.8 Å². The molecule has 140 valence electrons. The first-order chi connectivity index (χ1) is 12.4. The Morgan fingerprint density at radius 2 is 1.69 bits per heavy atom. The summed E-state index contributed by atoms with van der Waals surface area (Å²) in [4.78, 5) is 12.3. The lowest BCUT2D eigenvalue weighted by Crippen LogP contribution is -2.30. The molecule has 0 bridgehead atoms. The summed E-state index contributed by atoms with van der Waals surface area (Å²) in [5.41, 5.74) is 1.27. The smallest absolute Gasteiger partial charge is 0.243 e. The fourth-order valence-electron chi connectivity index (χ4n) is 2.40. The van der Waals surface area contributed by atoms with E-state index >= 15 is 0 Å². The number of benzene rings is 2. The summed E-state index contributed by atoms with van der Waals surface area (Å²) < 4.78 is 27.5. The van der Waals surface area contributed by atoms with Crippen LogP contribution in [-0.2, 0) is 14.8 Å². The lowest BCUT2D eigenvalue weighted by atomic mass is 10.3. The van der Waals surface area contributed by atoms with E-state index in [2.05, 4.69) is 26.6 Å². The first kappa shape index (κ1) is 20.4. The van der Waals surface area contributed by atoms with Gasteiger partial charge < -0.3 is 10.6 Å². The molecule has 2 aromatic carbocycles. The highest BCUT2D eigenvalue weighted by molar-refractivity contribution is 9.10. The van der Waals surface area contributed by atoms with Crippen molar-refractivity contribution in [3.63, 3.8) is 0 Å². The van der Waals surface area contributed by atoms with E-state index in [1.807, 2.05) is 24.3 Å². The Bertz CT molecular complexity index is 850. The second-order valence-electron chi connectivity index (χ2n) is 5.53. The number of rotatable bonds is 8. The minimum atomic E-state index is -3.56. The predicted molar refractivity (Wildman–Crippen MR) is 108 cm³/mol. The normalized spacial score (nSPS) is 11.4.